The Morgan fingerprint density at radius 3 is 1.42 bits per heavy atom. The number of halogens is 3. The molecule has 278 valence electrons. The quantitative estimate of drug-likeness (QED) is 0.151. The summed E-state index contributed by atoms with van der Waals surface area (Å²) in [4.78, 5) is 13.6. The second-order valence-electron chi connectivity index (χ2n) is 11.6. The molecule has 0 radical (unpaired) electrons. The maximum atomic E-state index is 13.6. The number of hydrogen-bond donors (Lipinski definition) is 0. The van der Waals surface area contributed by atoms with Gasteiger partial charge in [-0.3, -0.25) is 0 Å². The number of hydrogen-bond acceptors (Lipinski definition) is 10. The summed E-state index contributed by atoms with van der Waals surface area (Å²) in [5, 5.41) is 0. The van der Waals surface area contributed by atoms with Crippen LogP contribution in [0.4, 0.5) is 13.2 Å². The molecule has 0 saturated carbocycles. The van der Waals surface area contributed by atoms with Gasteiger partial charge < -0.3 is 42.6 Å². The second kappa shape index (κ2) is 21.0. The zero-order chi connectivity index (χ0) is 36.4. The maximum Gasteiger partial charge on any atom is 0.338 e. The van der Waals surface area contributed by atoms with Gasteiger partial charge in [0.05, 0.1) is 65.0 Å². The van der Waals surface area contributed by atoms with Crippen LogP contribution in [0.5, 0.6) is 17.2 Å². The summed E-state index contributed by atoms with van der Waals surface area (Å²) in [6.45, 7) is 2.95. The Kier molecular flexibility index (Phi) is 15.6. The normalized spacial score (nSPS) is 16.2. The first-order valence-electron chi connectivity index (χ1n) is 16.8. The minimum absolute atomic E-state index is 0.00465. The van der Waals surface area contributed by atoms with Gasteiger partial charge in [-0.05, 0) is 65.2 Å². The van der Waals surface area contributed by atoms with Crippen molar-refractivity contribution < 1.29 is 60.6 Å². The van der Waals surface area contributed by atoms with Crippen molar-refractivity contribution in [2.45, 2.75) is 25.9 Å². The molecule has 1 aliphatic heterocycles. The topological polar surface area (TPSA) is 100 Å². The van der Waals surface area contributed by atoms with Crippen molar-refractivity contribution >= 4 is 5.97 Å². The van der Waals surface area contributed by atoms with Crippen molar-refractivity contribution in [3.63, 3.8) is 0 Å². The van der Waals surface area contributed by atoms with Gasteiger partial charge in [-0.25, -0.2) is 18.0 Å². The maximum absolute atomic E-state index is 13.6. The van der Waals surface area contributed by atoms with Crippen LogP contribution in [0.25, 0.3) is 0 Å². The highest BCUT2D eigenvalue weighted by Gasteiger charge is 2.22. The van der Waals surface area contributed by atoms with E-state index in [0.29, 0.717) is 62.9 Å². The Bertz CT molecular complexity index is 1570. The molecule has 4 aromatic rings. The summed E-state index contributed by atoms with van der Waals surface area (Å²) in [5.41, 5.74) is 2.03. The molecule has 5 rings (SSSR count). The lowest BCUT2D eigenvalue weighted by atomic mass is 10.1. The molecule has 1 saturated heterocycles. The van der Waals surface area contributed by atoms with Crippen molar-refractivity contribution in [2.24, 2.45) is 0 Å². The monoisotopic (exact) mass is 726 g/mol. The number of carbonyl (C=O) groups is 1. The third-order valence-electron chi connectivity index (χ3n) is 7.57. The van der Waals surface area contributed by atoms with Gasteiger partial charge >= 0.3 is 5.97 Å². The standard InChI is InChI=1S/C39H41F3O10/c40-32-7-1-28(2-8-32)23-49-36-21-31(39(43)52-27-35-26-47-18-17-45-14-13-44-15-16-46-19-20-48-35)22-37(50-24-29-3-9-33(41)10-4-29)38(36)51-25-30-5-11-34(42)12-6-30/h1-12,21-22,35H,13-20,23-27H2. The highest BCUT2D eigenvalue weighted by atomic mass is 19.1. The summed E-state index contributed by atoms with van der Waals surface area (Å²) in [5.74, 6) is -1.50. The molecule has 0 bridgehead atoms. The second-order valence-corrected chi connectivity index (χ2v) is 11.6. The van der Waals surface area contributed by atoms with Crippen LogP contribution in [-0.2, 0) is 48.2 Å². The fourth-order valence-electron chi connectivity index (χ4n) is 4.82. The summed E-state index contributed by atoms with van der Waals surface area (Å²) < 4.78 is 93.0. The van der Waals surface area contributed by atoms with E-state index in [1.165, 1.54) is 48.5 Å². The first-order valence-corrected chi connectivity index (χ1v) is 16.8. The van der Waals surface area contributed by atoms with Crippen LogP contribution in [0.15, 0.2) is 84.9 Å². The Morgan fingerprint density at radius 2 is 0.962 bits per heavy atom. The summed E-state index contributed by atoms with van der Waals surface area (Å²) in [7, 11) is 0. The van der Waals surface area contributed by atoms with Crippen LogP contribution < -0.4 is 14.2 Å². The molecule has 4 aromatic carbocycles. The number of esters is 1. The van der Waals surface area contributed by atoms with E-state index in [1.807, 2.05) is 0 Å². The van der Waals surface area contributed by atoms with Crippen molar-refractivity contribution in [1.29, 1.82) is 0 Å². The van der Waals surface area contributed by atoms with E-state index >= 15 is 0 Å². The Labute approximate surface area is 300 Å². The molecule has 0 aromatic heterocycles. The Balaban J connectivity index is 1.37. The highest BCUT2D eigenvalue weighted by molar-refractivity contribution is 5.91. The van der Waals surface area contributed by atoms with Gasteiger partial charge in [0.15, 0.2) is 11.5 Å². The van der Waals surface area contributed by atoms with E-state index in [9.17, 15) is 18.0 Å². The average molecular weight is 727 g/mol. The molecule has 10 nitrogen and oxygen atoms in total. The zero-order valence-electron chi connectivity index (χ0n) is 28.6. The minimum atomic E-state index is -0.709. The molecular formula is C39H41F3O10. The Hall–Kier alpha value is -4.66. The van der Waals surface area contributed by atoms with E-state index in [1.54, 1.807) is 36.4 Å². The summed E-state index contributed by atoms with van der Waals surface area (Å²) in [6, 6.07) is 20.2. The van der Waals surface area contributed by atoms with Crippen LogP contribution in [-0.4, -0.2) is 78.1 Å². The molecule has 1 unspecified atom stereocenters. The Morgan fingerprint density at radius 1 is 0.558 bits per heavy atom. The smallest absolute Gasteiger partial charge is 0.338 e. The lowest BCUT2D eigenvalue weighted by molar-refractivity contribution is -0.0689. The molecule has 0 N–H and O–H groups in total. The van der Waals surface area contributed by atoms with E-state index in [-0.39, 0.29) is 62.5 Å². The number of carbonyl (C=O) groups excluding carboxylic acids is 1. The van der Waals surface area contributed by atoms with Crippen molar-refractivity contribution in [2.75, 3.05) is 66.1 Å². The van der Waals surface area contributed by atoms with Crippen LogP contribution >= 0.6 is 0 Å². The SMILES string of the molecule is O=C(OCC1COCCOCCOCCOCCO1)c1cc(OCc2ccc(F)cc2)c(OCc2ccc(F)cc2)c(OCc2ccc(F)cc2)c1. The average Bonchev–Trinajstić information content (AvgIpc) is 3.17. The van der Waals surface area contributed by atoms with Crippen LogP contribution in [0, 0.1) is 17.5 Å². The third-order valence-corrected chi connectivity index (χ3v) is 7.57. The third kappa shape index (κ3) is 13.1. The van der Waals surface area contributed by atoms with Crippen LogP contribution in [0.3, 0.4) is 0 Å². The van der Waals surface area contributed by atoms with Gasteiger partial charge in [-0.1, -0.05) is 36.4 Å². The largest absolute Gasteiger partial charge is 0.485 e. The minimum Gasteiger partial charge on any atom is -0.485 e. The van der Waals surface area contributed by atoms with E-state index < -0.39 is 29.5 Å². The molecule has 1 fully saturated rings. The van der Waals surface area contributed by atoms with Gasteiger partial charge in [0.1, 0.15) is 50.0 Å². The van der Waals surface area contributed by atoms with Gasteiger partial charge in [0.25, 0.3) is 0 Å². The van der Waals surface area contributed by atoms with E-state index in [0.717, 1.165) is 0 Å². The van der Waals surface area contributed by atoms with Crippen molar-refractivity contribution in [3.8, 4) is 17.2 Å². The number of ether oxygens (including phenoxy) is 9. The van der Waals surface area contributed by atoms with Crippen molar-refractivity contribution in [1.82, 2.24) is 0 Å². The van der Waals surface area contributed by atoms with E-state index in [4.69, 9.17) is 42.6 Å². The molecule has 0 aliphatic carbocycles. The molecular weight excluding hydrogens is 685 g/mol. The predicted molar refractivity (Wildman–Crippen MR) is 182 cm³/mol. The molecule has 13 heteroatoms. The lowest BCUT2D eigenvalue weighted by Crippen LogP contribution is -2.29. The van der Waals surface area contributed by atoms with E-state index in [2.05, 4.69) is 0 Å². The van der Waals surface area contributed by atoms with Gasteiger partial charge in [0, 0.05) is 0 Å². The molecule has 1 heterocycles. The first-order chi connectivity index (χ1) is 25.4. The fraction of sp³-hybridized carbons (Fsp3) is 0.359. The van der Waals surface area contributed by atoms with Gasteiger partial charge in [0.2, 0.25) is 5.75 Å². The zero-order valence-corrected chi connectivity index (χ0v) is 28.6. The summed E-state index contributed by atoms with van der Waals surface area (Å²) >= 11 is 0. The molecule has 1 aliphatic rings. The van der Waals surface area contributed by atoms with Gasteiger partial charge in [-0.2, -0.15) is 0 Å². The number of rotatable bonds is 12. The predicted octanol–water partition coefficient (Wildman–Crippen LogP) is 6.46. The van der Waals surface area contributed by atoms with Gasteiger partial charge in [-0.15, -0.1) is 0 Å². The number of benzene rings is 4. The fourth-order valence-corrected chi connectivity index (χ4v) is 4.82. The molecule has 52 heavy (non-hydrogen) atoms. The lowest BCUT2D eigenvalue weighted by Gasteiger charge is -2.20. The van der Waals surface area contributed by atoms with Crippen LogP contribution in [0.1, 0.15) is 27.0 Å². The van der Waals surface area contributed by atoms with Crippen LogP contribution in [0.2, 0.25) is 0 Å². The first kappa shape index (κ1) is 38.6. The molecule has 1 atom stereocenters. The van der Waals surface area contributed by atoms with Crippen molar-refractivity contribution in [3.05, 3.63) is 125 Å². The molecule has 0 amide bonds. The molecule has 0 spiro atoms. The summed E-state index contributed by atoms with van der Waals surface area (Å²) in [6.07, 6.45) is -0.601. The highest BCUT2D eigenvalue weighted by Crippen LogP contribution is 2.41.